The van der Waals surface area contributed by atoms with E-state index in [9.17, 15) is 4.39 Å². The van der Waals surface area contributed by atoms with Crippen molar-refractivity contribution >= 4 is 23.2 Å². The molecule has 4 nitrogen and oxygen atoms in total. The van der Waals surface area contributed by atoms with Crippen LogP contribution >= 0.6 is 11.6 Å². The summed E-state index contributed by atoms with van der Waals surface area (Å²) in [6.45, 7) is 1.58. The highest BCUT2D eigenvalue weighted by atomic mass is 35.5. The molecule has 1 aromatic carbocycles. The van der Waals surface area contributed by atoms with Crippen LogP contribution < -0.4 is 10.6 Å². The van der Waals surface area contributed by atoms with E-state index >= 15 is 0 Å². The van der Waals surface area contributed by atoms with Gasteiger partial charge in [-0.3, -0.25) is 0 Å². The number of fused-ring (bicyclic) bond motifs is 1. The minimum Gasteiger partial charge on any atom is -0.324 e. The lowest BCUT2D eigenvalue weighted by molar-refractivity contribution is 0.626. The van der Waals surface area contributed by atoms with Crippen LogP contribution in [0.1, 0.15) is 11.3 Å². The maximum absolute atomic E-state index is 12.8. The van der Waals surface area contributed by atoms with Crippen molar-refractivity contribution in [2.75, 3.05) is 11.9 Å². The summed E-state index contributed by atoms with van der Waals surface area (Å²) in [6.07, 6.45) is 0.829. The van der Waals surface area contributed by atoms with Gasteiger partial charge in [0, 0.05) is 30.8 Å². The zero-order valence-electron chi connectivity index (χ0n) is 10.1. The van der Waals surface area contributed by atoms with Gasteiger partial charge in [-0.2, -0.15) is 0 Å². The zero-order valence-corrected chi connectivity index (χ0v) is 10.8. The number of aromatic nitrogens is 2. The normalized spacial score (nSPS) is 14.0. The molecular formula is C13H12ClFN4. The fourth-order valence-electron chi connectivity index (χ4n) is 2.02. The summed E-state index contributed by atoms with van der Waals surface area (Å²) in [5.41, 5.74) is 2.65. The number of nitrogens with zero attached hydrogens (tertiary/aromatic N) is 2. The molecule has 98 valence electrons. The Hall–Kier alpha value is -1.72. The van der Waals surface area contributed by atoms with E-state index in [4.69, 9.17) is 11.6 Å². The summed E-state index contributed by atoms with van der Waals surface area (Å²) in [6, 6.07) is 6.03. The molecule has 0 spiro atoms. The van der Waals surface area contributed by atoms with Gasteiger partial charge in [0.2, 0.25) is 5.95 Å². The minimum absolute atomic E-state index is 0.277. The Kier molecular flexibility index (Phi) is 3.31. The molecule has 0 saturated heterocycles. The van der Waals surface area contributed by atoms with E-state index in [-0.39, 0.29) is 5.82 Å². The van der Waals surface area contributed by atoms with Crippen LogP contribution in [0.25, 0.3) is 0 Å². The van der Waals surface area contributed by atoms with Gasteiger partial charge in [-0.05, 0) is 24.3 Å². The number of hydrogen-bond donors (Lipinski definition) is 2. The lowest BCUT2D eigenvalue weighted by Gasteiger charge is -2.18. The Morgan fingerprint density at radius 1 is 1.21 bits per heavy atom. The molecule has 2 aromatic rings. The molecule has 1 aliphatic rings. The Morgan fingerprint density at radius 2 is 2.00 bits per heavy atom. The van der Waals surface area contributed by atoms with Crippen LogP contribution in [0.2, 0.25) is 5.15 Å². The van der Waals surface area contributed by atoms with E-state index in [0.717, 1.165) is 29.9 Å². The van der Waals surface area contributed by atoms with E-state index in [2.05, 4.69) is 20.6 Å². The fraction of sp³-hybridized carbons (Fsp3) is 0.231. The van der Waals surface area contributed by atoms with E-state index in [0.29, 0.717) is 17.6 Å². The third-order valence-electron chi connectivity index (χ3n) is 2.98. The maximum atomic E-state index is 12.8. The second-order valence-electron chi connectivity index (χ2n) is 4.32. The molecular weight excluding hydrogens is 267 g/mol. The Morgan fingerprint density at radius 3 is 2.79 bits per heavy atom. The van der Waals surface area contributed by atoms with Gasteiger partial charge in [-0.25, -0.2) is 14.4 Å². The summed E-state index contributed by atoms with van der Waals surface area (Å²) < 4.78 is 12.8. The van der Waals surface area contributed by atoms with Gasteiger partial charge in [0.15, 0.2) is 0 Å². The van der Waals surface area contributed by atoms with Crippen molar-refractivity contribution in [2.24, 2.45) is 0 Å². The largest absolute Gasteiger partial charge is 0.324 e. The smallest absolute Gasteiger partial charge is 0.228 e. The van der Waals surface area contributed by atoms with Gasteiger partial charge in [-0.15, -0.1) is 0 Å². The second-order valence-corrected chi connectivity index (χ2v) is 4.68. The first kappa shape index (κ1) is 12.3. The van der Waals surface area contributed by atoms with Crippen molar-refractivity contribution in [3.8, 4) is 0 Å². The van der Waals surface area contributed by atoms with Gasteiger partial charge >= 0.3 is 0 Å². The van der Waals surface area contributed by atoms with Crippen LogP contribution in [-0.2, 0) is 13.0 Å². The summed E-state index contributed by atoms with van der Waals surface area (Å²) in [5, 5.41) is 6.72. The van der Waals surface area contributed by atoms with Crippen LogP contribution in [0, 0.1) is 5.82 Å². The van der Waals surface area contributed by atoms with Crippen molar-refractivity contribution < 1.29 is 4.39 Å². The molecule has 19 heavy (non-hydrogen) atoms. The zero-order chi connectivity index (χ0) is 13.2. The first-order chi connectivity index (χ1) is 9.22. The van der Waals surface area contributed by atoms with Gasteiger partial charge in [-0.1, -0.05) is 11.6 Å². The topological polar surface area (TPSA) is 49.8 Å². The summed E-state index contributed by atoms with van der Waals surface area (Å²) in [4.78, 5) is 8.67. The number of hydrogen-bond acceptors (Lipinski definition) is 4. The van der Waals surface area contributed by atoms with Crippen LogP contribution in [0.15, 0.2) is 24.3 Å². The predicted octanol–water partition coefficient (Wildman–Crippen LogP) is 2.66. The molecule has 2 heterocycles. The molecule has 0 aliphatic carbocycles. The first-order valence-corrected chi connectivity index (χ1v) is 6.39. The fourth-order valence-corrected chi connectivity index (χ4v) is 2.28. The standard InChI is InChI=1S/C13H12ClFN4/c14-12-10-7-16-6-5-11(10)18-13(19-12)17-9-3-1-8(15)2-4-9/h1-4,16H,5-7H2,(H,17,18,19). The monoisotopic (exact) mass is 278 g/mol. The lowest BCUT2D eigenvalue weighted by Crippen LogP contribution is -2.25. The summed E-state index contributed by atoms with van der Waals surface area (Å²) >= 11 is 6.15. The van der Waals surface area contributed by atoms with Gasteiger partial charge < -0.3 is 10.6 Å². The molecule has 1 aliphatic heterocycles. The van der Waals surface area contributed by atoms with Crippen molar-refractivity contribution in [2.45, 2.75) is 13.0 Å². The Labute approximate surface area is 115 Å². The number of nitrogens with one attached hydrogen (secondary N) is 2. The molecule has 1 aromatic heterocycles. The molecule has 0 amide bonds. The lowest BCUT2D eigenvalue weighted by atomic mass is 10.1. The number of halogens is 2. The molecule has 3 rings (SSSR count). The highest BCUT2D eigenvalue weighted by Gasteiger charge is 2.16. The third kappa shape index (κ3) is 2.67. The van der Waals surface area contributed by atoms with Gasteiger partial charge in [0.1, 0.15) is 11.0 Å². The van der Waals surface area contributed by atoms with Gasteiger partial charge in [0.05, 0.1) is 5.69 Å². The molecule has 0 fully saturated rings. The SMILES string of the molecule is Fc1ccc(Nc2nc(Cl)c3c(n2)CCNC3)cc1. The van der Waals surface area contributed by atoms with Crippen molar-refractivity contribution in [3.05, 3.63) is 46.5 Å². The third-order valence-corrected chi connectivity index (χ3v) is 3.30. The quantitative estimate of drug-likeness (QED) is 0.829. The molecule has 0 unspecified atom stereocenters. The van der Waals surface area contributed by atoms with E-state index < -0.39 is 0 Å². The van der Waals surface area contributed by atoms with E-state index in [1.54, 1.807) is 12.1 Å². The van der Waals surface area contributed by atoms with E-state index in [1.165, 1.54) is 12.1 Å². The summed E-state index contributed by atoms with van der Waals surface area (Å²) in [5.74, 6) is 0.165. The Balaban J connectivity index is 1.89. The second kappa shape index (κ2) is 5.11. The minimum atomic E-state index is -0.277. The average Bonchev–Trinajstić information content (AvgIpc) is 2.42. The van der Waals surface area contributed by atoms with Gasteiger partial charge in [0.25, 0.3) is 0 Å². The number of rotatable bonds is 2. The average molecular weight is 279 g/mol. The van der Waals surface area contributed by atoms with Crippen molar-refractivity contribution in [1.29, 1.82) is 0 Å². The maximum Gasteiger partial charge on any atom is 0.228 e. The molecule has 6 heteroatoms. The molecule has 0 atom stereocenters. The van der Waals surface area contributed by atoms with E-state index in [1.807, 2.05) is 0 Å². The molecule has 0 bridgehead atoms. The van der Waals surface area contributed by atoms with Crippen LogP contribution in [0.3, 0.4) is 0 Å². The first-order valence-electron chi connectivity index (χ1n) is 6.01. The van der Waals surface area contributed by atoms with Crippen LogP contribution in [0.5, 0.6) is 0 Å². The molecule has 2 N–H and O–H groups in total. The van der Waals surface area contributed by atoms with Crippen LogP contribution in [-0.4, -0.2) is 16.5 Å². The van der Waals surface area contributed by atoms with Crippen LogP contribution in [0.4, 0.5) is 16.0 Å². The summed E-state index contributed by atoms with van der Waals surface area (Å²) in [7, 11) is 0. The highest BCUT2D eigenvalue weighted by molar-refractivity contribution is 6.30. The highest BCUT2D eigenvalue weighted by Crippen LogP contribution is 2.23. The number of benzene rings is 1. The number of anilines is 2. The van der Waals surface area contributed by atoms with Crippen molar-refractivity contribution in [3.63, 3.8) is 0 Å². The molecule has 0 radical (unpaired) electrons. The molecule has 0 saturated carbocycles. The van der Waals surface area contributed by atoms with Crippen molar-refractivity contribution in [1.82, 2.24) is 15.3 Å². The predicted molar refractivity (Wildman–Crippen MR) is 72.1 cm³/mol. The Bertz CT molecular complexity index is 600.